The van der Waals surface area contributed by atoms with Gasteiger partial charge in [0.25, 0.3) is 5.91 Å². The fourth-order valence-electron chi connectivity index (χ4n) is 1.49. The lowest BCUT2D eigenvalue weighted by Crippen LogP contribution is -2.30. The first-order valence-electron chi connectivity index (χ1n) is 5.74. The summed E-state index contributed by atoms with van der Waals surface area (Å²) in [4.78, 5) is 13.5. The Morgan fingerprint density at radius 1 is 1.65 bits per heavy atom. The largest absolute Gasteiger partial charge is 0.452 e. The molecule has 0 aromatic carbocycles. The number of amides is 1. The second-order valence-electron chi connectivity index (χ2n) is 4.35. The molecule has 17 heavy (non-hydrogen) atoms. The second-order valence-corrected chi connectivity index (χ2v) is 4.70. The Labute approximate surface area is 105 Å². The molecule has 1 fully saturated rings. The predicted octanol–water partition coefficient (Wildman–Crippen LogP) is 2.43. The average Bonchev–Trinajstić information content (AvgIpc) is 3.04. The number of carbonyl (C=O) groups excluding carboxylic acids is 1. The maximum Gasteiger partial charge on any atom is 0.258 e. The third kappa shape index (κ3) is 3.48. The first kappa shape index (κ1) is 12.5. The van der Waals surface area contributed by atoms with Gasteiger partial charge in [0.05, 0.1) is 18.4 Å². The van der Waals surface area contributed by atoms with Crippen molar-refractivity contribution in [3.63, 3.8) is 0 Å². The molecule has 4 nitrogen and oxygen atoms in total. The lowest BCUT2D eigenvalue weighted by molar-refractivity contribution is 0.0680. The van der Waals surface area contributed by atoms with Crippen LogP contribution in [-0.4, -0.2) is 37.6 Å². The van der Waals surface area contributed by atoms with Crippen molar-refractivity contribution >= 4 is 17.5 Å². The van der Waals surface area contributed by atoms with Gasteiger partial charge in [-0.05, 0) is 36.4 Å². The molecule has 1 aliphatic carbocycles. The Hall–Kier alpha value is -1.00. The fraction of sp³-hybridized carbons (Fsp3) is 0.583. The molecule has 1 saturated carbocycles. The zero-order chi connectivity index (χ0) is 12.3. The number of rotatable bonds is 6. The number of hydrogen-bond donors (Lipinski definition) is 0. The Kier molecular flexibility index (Phi) is 4.07. The van der Waals surface area contributed by atoms with E-state index in [1.165, 1.54) is 19.1 Å². The van der Waals surface area contributed by atoms with Crippen molar-refractivity contribution in [2.24, 2.45) is 5.92 Å². The third-order valence-electron chi connectivity index (χ3n) is 2.82. The first-order valence-corrected chi connectivity index (χ1v) is 6.12. The summed E-state index contributed by atoms with van der Waals surface area (Å²) in [6.07, 6.45) is 3.96. The van der Waals surface area contributed by atoms with Gasteiger partial charge in [-0.25, -0.2) is 0 Å². The van der Waals surface area contributed by atoms with Crippen molar-refractivity contribution in [1.29, 1.82) is 0 Å². The quantitative estimate of drug-likeness (QED) is 0.735. The molecule has 0 radical (unpaired) electrons. The number of halogens is 1. The van der Waals surface area contributed by atoms with Crippen LogP contribution in [-0.2, 0) is 4.74 Å². The minimum absolute atomic E-state index is 0.140. The molecule has 1 aliphatic rings. The Morgan fingerprint density at radius 2 is 2.41 bits per heavy atom. The van der Waals surface area contributed by atoms with Crippen molar-refractivity contribution in [3.8, 4) is 0 Å². The maximum atomic E-state index is 11.9. The summed E-state index contributed by atoms with van der Waals surface area (Å²) in [6, 6.07) is 1.58. The van der Waals surface area contributed by atoms with Crippen LogP contribution in [0, 0.1) is 5.92 Å². The molecular weight excluding hydrogens is 242 g/mol. The van der Waals surface area contributed by atoms with Gasteiger partial charge in [0.15, 0.2) is 0 Å². The minimum Gasteiger partial charge on any atom is -0.452 e. The van der Waals surface area contributed by atoms with Crippen LogP contribution >= 0.6 is 11.6 Å². The van der Waals surface area contributed by atoms with Gasteiger partial charge in [-0.3, -0.25) is 4.79 Å². The molecule has 2 rings (SSSR count). The third-order valence-corrected chi connectivity index (χ3v) is 3.11. The van der Waals surface area contributed by atoms with Crippen LogP contribution in [0.25, 0.3) is 0 Å². The molecule has 0 atom stereocenters. The molecule has 1 aromatic heterocycles. The van der Waals surface area contributed by atoms with Crippen LogP contribution in [0.1, 0.15) is 23.2 Å². The molecule has 5 heteroatoms. The van der Waals surface area contributed by atoms with Crippen LogP contribution in [0.15, 0.2) is 16.7 Å². The molecule has 1 aromatic rings. The van der Waals surface area contributed by atoms with Gasteiger partial charge in [0, 0.05) is 20.2 Å². The van der Waals surface area contributed by atoms with Crippen LogP contribution < -0.4 is 0 Å². The normalized spacial score (nSPS) is 14.9. The van der Waals surface area contributed by atoms with Gasteiger partial charge in [-0.1, -0.05) is 0 Å². The van der Waals surface area contributed by atoms with E-state index in [1.807, 2.05) is 0 Å². The summed E-state index contributed by atoms with van der Waals surface area (Å²) in [5.74, 6) is 0.609. The van der Waals surface area contributed by atoms with E-state index in [9.17, 15) is 4.79 Å². The van der Waals surface area contributed by atoms with E-state index in [2.05, 4.69) is 0 Å². The molecule has 0 N–H and O–H groups in total. The Balaban J connectivity index is 1.72. The molecule has 94 valence electrons. The first-order chi connectivity index (χ1) is 8.18. The Morgan fingerprint density at radius 3 is 3.00 bits per heavy atom. The standard InChI is InChI=1S/C12H16ClNO3/c1-14(5-7-16-8-9-2-3-9)12(15)10-4-6-17-11(10)13/h4,6,9H,2-3,5,7-8H2,1H3. The number of likely N-dealkylation sites (N-methyl/N-ethyl adjacent to an activating group) is 1. The van der Waals surface area contributed by atoms with Crippen molar-refractivity contribution in [2.75, 3.05) is 26.8 Å². The molecule has 0 bridgehead atoms. The molecule has 1 heterocycles. The molecular formula is C12H16ClNO3. The molecule has 0 aliphatic heterocycles. The van der Waals surface area contributed by atoms with Crippen LogP contribution in [0.5, 0.6) is 0 Å². The second kappa shape index (κ2) is 5.56. The van der Waals surface area contributed by atoms with Gasteiger partial charge in [-0.2, -0.15) is 0 Å². The summed E-state index contributed by atoms with van der Waals surface area (Å²) < 4.78 is 10.4. The topological polar surface area (TPSA) is 42.7 Å². The molecule has 0 saturated heterocycles. The van der Waals surface area contributed by atoms with E-state index in [0.29, 0.717) is 18.7 Å². The number of carbonyl (C=O) groups is 1. The maximum absolute atomic E-state index is 11.9. The summed E-state index contributed by atoms with van der Waals surface area (Å²) in [6.45, 7) is 1.94. The number of furan rings is 1. The van der Waals surface area contributed by atoms with Gasteiger partial charge < -0.3 is 14.1 Å². The fourth-order valence-corrected chi connectivity index (χ4v) is 1.68. The highest BCUT2D eigenvalue weighted by Gasteiger charge is 2.21. The highest BCUT2D eigenvalue weighted by atomic mass is 35.5. The van der Waals surface area contributed by atoms with E-state index in [-0.39, 0.29) is 11.1 Å². The molecule has 0 unspecified atom stereocenters. The molecule has 1 amide bonds. The highest BCUT2D eigenvalue weighted by Crippen LogP contribution is 2.28. The van der Waals surface area contributed by atoms with Crippen LogP contribution in [0.2, 0.25) is 5.22 Å². The van der Waals surface area contributed by atoms with Gasteiger partial charge in [0.2, 0.25) is 5.22 Å². The van der Waals surface area contributed by atoms with Crippen molar-refractivity contribution in [1.82, 2.24) is 4.90 Å². The minimum atomic E-state index is -0.140. The van der Waals surface area contributed by atoms with Crippen molar-refractivity contribution in [3.05, 3.63) is 23.1 Å². The van der Waals surface area contributed by atoms with E-state index < -0.39 is 0 Å². The van der Waals surface area contributed by atoms with Crippen LogP contribution in [0.3, 0.4) is 0 Å². The number of hydrogen-bond acceptors (Lipinski definition) is 3. The highest BCUT2D eigenvalue weighted by molar-refractivity contribution is 6.32. The average molecular weight is 258 g/mol. The van der Waals surface area contributed by atoms with Crippen molar-refractivity contribution < 1.29 is 13.9 Å². The summed E-state index contributed by atoms with van der Waals surface area (Å²) in [7, 11) is 1.73. The lowest BCUT2D eigenvalue weighted by atomic mass is 10.3. The molecule has 0 spiro atoms. The smallest absolute Gasteiger partial charge is 0.258 e. The SMILES string of the molecule is CN(CCOCC1CC1)C(=O)c1ccoc1Cl. The summed E-state index contributed by atoms with van der Waals surface area (Å²) in [5.41, 5.74) is 0.399. The van der Waals surface area contributed by atoms with E-state index >= 15 is 0 Å². The van der Waals surface area contributed by atoms with Gasteiger partial charge in [0.1, 0.15) is 0 Å². The van der Waals surface area contributed by atoms with E-state index in [1.54, 1.807) is 18.0 Å². The van der Waals surface area contributed by atoms with Crippen LogP contribution in [0.4, 0.5) is 0 Å². The van der Waals surface area contributed by atoms with E-state index in [4.69, 9.17) is 20.8 Å². The lowest BCUT2D eigenvalue weighted by Gasteiger charge is -2.16. The summed E-state index contributed by atoms with van der Waals surface area (Å²) in [5, 5.41) is 0.140. The van der Waals surface area contributed by atoms with Gasteiger partial charge >= 0.3 is 0 Å². The monoisotopic (exact) mass is 257 g/mol. The van der Waals surface area contributed by atoms with Crippen molar-refractivity contribution in [2.45, 2.75) is 12.8 Å². The van der Waals surface area contributed by atoms with E-state index in [0.717, 1.165) is 12.5 Å². The Bertz CT molecular complexity index is 387. The number of nitrogens with zero attached hydrogens (tertiary/aromatic N) is 1. The number of ether oxygens (including phenoxy) is 1. The summed E-state index contributed by atoms with van der Waals surface area (Å²) >= 11 is 5.74. The zero-order valence-corrected chi connectivity index (χ0v) is 10.6. The predicted molar refractivity (Wildman–Crippen MR) is 64.2 cm³/mol. The van der Waals surface area contributed by atoms with Gasteiger partial charge in [-0.15, -0.1) is 0 Å². The zero-order valence-electron chi connectivity index (χ0n) is 9.82.